The van der Waals surface area contributed by atoms with Crippen LogP contribution in [0.2, 0.25) is 0 Å². The zero-order valence-corrected chi connectivity index (χ0v) is 11.4. The molecule has 1 fully saturated rings. The van der Waals surface area contributed by atoms with Crippen molar-refractivity contribution in [3.63, 3.8) is 0 Å². The zero-order valence-electron chi connectivity index (χ0n) is 11.4. The molecule has 1 saturated heterocycles. The molecule has 0 radical (unpaired) electrons. The second-order valence-electron chi connectivity index (χ2n) is 5.02. The number of nitrogens with one attached hydrogen (secondary N) is 1. The maximum atomic E-state index is 12.2. The van der Waals surface area contributed by atoms with Gasteiger partial charge in [0.1, 0.15) is 0 Å². The van der Waals surface area contributed by atoms with Crippen LogP contribution in [0.3, 0.4) is 0 Å². The molecule has 1 aromatic rings. The summed E-state index contributed by atoms with van der Waals surface area (Å²) in [5.74, 6) is 0.210. The van der Waals surface area contributed by atoms with Gasteiger partial charge in [0, 0.05) is 32.4 Å². The largest absolute Gasteiger partial charge is 0.341 e. The van der Waals surface area contributed by atoms with E-state index in [0.717, 1.165) is 31.6 Å². The standard InChI is InChI=1S/C13H22N4O/c1-10(12-6-7-14-16(12)3)15-11(2)13(18)17-8-4-5-9-17/h6-7,10-11,15H,4-5,8-9H2,1-3H3. The normalized spacial score (nSPS) is 18.9. The first kappa shape index (κ1) is 13.1. The van der Waals surface area contributed by atoms with Gasteiger partial charge in [0.25, 0.3) is 0 Å². The van der Waals surface area contributed by atoms with Crippen molar-refractivity contribution in [2.45, 2.75) is 38.8 Å². The van der Waals surface area contributed by atoms with E-state index in [1.54, 1.807) is 6.20 Å². The van der Waals surface area contributed by atoms with Gasteiger partial charge in [-0.05, 0) is 32.8 Å². The monoisotopic (exact) mass is 250 g/mol. The summed E-state index contributed by atoms with van der Waals surface area (Å²) in [4.78, 5) is 14.1. The first-order chi connectivity index (χ1) is 8.59. The smallest absolute Gasteiger partial charge is 0.239 e. The predicted molar refractivity (Wildman–Crippen MR) is 70.0 cm³/mol. The fraction of sp³-hybridized carbons (Fsp3) is 0.692. The molecule has 2 atom stereocenters. The molecule has 0 aromatic carbocycles. The van der Waals surface area contributed by atoms with Crippen molar-refractivity contribution in [1.82, 2.24) is 20.0 Å². The quantitative estimate of drug-likeness (QED) is 0.870. The average Bonchev–Trinajstić information content (AvgIpc) is 2.98. The topological polar surface area (TPSA) is 50.2 Å². The number of carbonyl (C=O) groups is 1. The van der Waals surface area contributed by atoms with Crippen LogP contribution in [-0.2, 0) is 11.8 Å². The maximum Gasteiger partial charge on any atom is 0.239 e. The Bertz CT molecular complexity index is 409. The van der Waals surface area contributed by atoms with Gasteiger partial charge in [-0.3, -0.25) is 14.8 Å². The van der Waals surface area contributed by atoms with Crippen molar-refractivity contribution in [3.8, 4) is 0 Å². The number of likely N-dealkylation sites (tertiary alicyclic amines) is 1. The Labute approximate surface area is 108 Å². The highest BCUT2D eigenvalue weighted by Gasteiger charge is 2.24. The Kier molecular flexibility index (Phi) is 4.01. The SMILES string of the molecule is CC(NC(C)c1ccnn1C)C(=O)N1CCCC1. The highest BCUT2D eigenvalue weighted by Crippen LogP contribution is 2.13. The molecule has 0 spiro atoms. The lowest BCUT2D eigenvalue weighted by atomic mass is 10.2. The second-order valence-corrected chi connectivity index (χ2v) is 5.02. The van der Waals surface area contributed by atoms with Gasteiger partial charge in [-0.2, -0.15) is 5.10 Å². The van der Waals surface area contributed by atoms with Gasteiger partial charge < -0.3 is 4.90 Å². The number of amides is 1. The molecule has 2 rings (SSSR count). The predicted octanol–water partition coefficient (Wildman–Crippen LogP) is 1.08. The summed E-state index contributed by atoms with van der Waals surface area (Å²) in [6, 6.07) is 1.96. The summed E-state index contributed by atoms with van der Waals surface area (Å²) in [6.07, 6.45) is 4.05. The minimum atomic E-state index is -0.145. The van der Waals surface area contributed by atoms with Crippen molar-refractivity contribution in [2.24, 2.45) is 7.05 Å². The van der Waals surface area contributed by atoms with E-state index >= 15 is 0 Å². The molecule has 2 unspecified atom stereocenters. The molecule has 1 amide bonds. The maximum absolute atomic E-state index is 12.2. The van der Waals surface area contributed by atoms with E-state index in [2.05, 4.69) is 17.3 Å². The van der Waals surface area contributed by atoms with Gasteiger partial charge >= 0.3 is 0 Å². The summed E-state index contributed by atoms with van der Waals surface area (Å²) in [5.41, 5.74) is 1.09. The zero-order chi connectivity index (χ0) is 13.1. The molecule has 0 bridgehead atoms. The van der Waals surface area contributed by atoms with Crippen molar-refractivity contribution in [2.75, 3.05) is 13.1 Å². The lowest BCUT2D eigenvalue weighted by Crippen LogP contribution is -2.44. The first-order valence-electron chi connectivity index (χ1n) is 6.62. The molecule has 0 saturated carbocycles. The fourth-order valence-electron chi connectivity index (χ4n) is 2.55. The molecule has 5 heteroatoms. The van der Waals surface area contributed by atoms with Gasteiger partial charge in [0.05, 0.1) is 11.7 Å². The minimum Gasteiger partial charge on any atom is -0.341 e. The third kappa shape index (κ3) is 2.72. The summed E-state index contributed by atoms with van der Waals surface area (Å²) in [7, 11) is 1.92. The number of aromatic nitrogens is 2. The molecule has 1 aliphatic heterocycles. The number of hydrogen-bond acceptors (Lipinski definition) is 3. The van der Waals surface area contributed by atoms with Crippen LogP contribution >= 0.6 is 0 Å². The number of hydrogen-bond donors (Lipinski definition) is 1. The number of aryl methyl sites for hydroxylation is 1. The van der Waals surface area contributed by atoms with Gasteiger partial charge in [0.15, 0.2) is 0 Å². The fourth-order valence-corrected chi connectivity index (χ4v) is 2.55. The Hall–Kier alpha value is -1.36. The van der Waals surface area contributed by atoms with Crippen molar-refractivity contribution >= 4 is 5.91 Å². The number of carbonyl (C=O) groups excluding carboxylic acids is 1. The molecular formula is C13H22N4O. The van der Waals surface area contributed by atoms with E-state index in [-0.39, 0.29) is 18.0 Å². The van der Waals surface area contributed by atoms with Crippen LogP contribution in [0.1, 0.15) is 38.4 Å². The van der Waals surface area contributed by atoms with Crippen molar-refractivity contribution in [1.29, 1.82) is 0 Å². The van der Waals surface area contributed by atoms with E-state index in [1.165, 1.54) is 0 Å². The third-order valence-corrected chi connectivity index (χ3v) is 3.59. The summed E-state index contributed by atoms with van der Waals surface area (Å²) in [6.45, 7) is 5.81. The summed E-state index contributed by atoms with van der Waals surface area (Å²) < 4.78 is 1.84. The highest BCUT2D eigenvalue weighted by atomic mass is 16.2. The first-order valence-corrected chi connectivity index (χ1v) is 6.62. The number of rotatable bonds is 4. The Morgan fingerprint density at radius 2 is 2.06 bits per heavy atom. The highest BCUT2D eigenvalue weighted by molar-refractivity contribution is 5.81. The molecule has 0 aliphatic carbocycles. The molecule has 100 valence electrons. The summed E-state index contributed by atoms with van der Waals surface area (Å²) >= 11 is 0. The van der Waals surface area contributed by atoms with E-state index in [1.807, 2.05) is 29.6 Å². The van der Waals surface area contributed by atoms with Crippen LogP contribution in [0.4, 0.5) is 0 Å². The molecule has 5 nitrogen and oxygen atoms in total. The van der Waals surface area contributed by atoms with E-state index in [9.17, 15) is 4.79 Å². The molecule has 1 N–H and O–H groups in total. The lowest BCUT2D eigenvalue weighted by molar-refractivity contribution is -0.132. The Morgan fingerprint density at radius 1 is 1.39 bits per heavy atom. The van der Waals surface area contributed by atoms with Crippen LogP contribution in [0, 0.1) is 0 Å². The van der Waals surface area contributed by atoms with Gasteiger partial charge in [-0.1, -0.05) is 0 Å². The van der Waals surface area contributed by atoms with Crippen LogP contribution < -0.4 is 5.32 Å². The van der Waals surface area contributed by atoms with E-state index < -0.39 is 0 Å². The van der Waals surface area contributed by atoms with Crippen LogP contribution in [0.5, 0.6) is 0 Å². The molecule has 2 heterocycles. The van der Waals surface area contributed by atoms with Gasteiger partial charge in [0.2, 0.25) is 5.91 Å². The molecule has 1 aromatic heterocycles. The van der Waals surface area contributed by atoms with Gasteiger partial charge in [-0.25, -0.2) is 0 Å². The second kappa shape index (κ2) is 5.52. The minimum absolute atomic E-state index is 0.124. The van der Waals surface area contributed by atoms with E-state index in [0.29, 0.717) is 0 Å². The molecule has 18 heavy (non-hydrogen) atoms. The number of nitrogens with zero attached hydrogens (tertiary/aromatic N) is 3. The van der Waals surface area contributed by atoms with Crippen LogP contribution in [-0.4, -0.2) is 39.7 Å². The van der Waals surface area contributed by atoms with Crippen molar-refractivity contribution < 1.29 is 4.79 Å². The lowest BCUT2D eigenvalue weighted by Gasteiger charge is -2.24. The van der Waals surface area contributed by atoms with E-state index in [4.69, 9.17) is 0 Å². The molecule has 1 aliphatic rings. The Balaban J connectivity index is 1.92. The Morgan fingerprint density at radius 3 is 2.61 bits per heavy atom. The average molecular weight is 250 g/mol. The van der Waals surface area contributed by atoms with Gasteiger partial charge in [-0.15, -0.1) is 0 Å². The van der Waals surface area contributed by atoms with Crippen molar-refractivity contribution in [3.05, 3.63) is 18.0 Å². The van der Waals surface area contributed by atoms with Crippen LogP contribution in [0.25, 0.3) is 0 Å². The summed E-state index contributed by atoms with van der Waals surface area (Å²) in [5, 5.41) is 7.50. The third-order valence-electron chi connectivity index (χ3n) is 3.59. The molecular weight excluding hydrogens is 228 g/mol. The van der Waals surface area contributed by atoms with Crippen LogP contribution in [0.15, 0.2) is 12.3 Å².